The second-order valence-corrected chi connectivity index (χ2v) is 5.08. The minimum Gasteiger partial charge on any atom is -0.492 e. The highest BCUT2D eigenvalue weighted by Crippen LogP contribution is 2.14. The number of carboxylic acids is 1. The lowest BCUT2D eigenvalue weighted by molar-refractivity contribution is -0.136. The number of aromatic nitrogens is 2. The van der Waals surface area contributed by atoms with Gasteiger partial charge in [-0.1, -0.05) is 12.1 Å². The Kier molecular flexibility index (Phi) is 4.62. The maximum atomic E-state index is 10.6. The van der Waals surface area contributed by atoms with E-state index < -0.39 is 5.97 Å². The molecule has 5 nitrogen and oxygen atoms in total. The summed E-state index contributed by atoms with van der Waals surface area (Å²) in [6, 6.07) is 7.14. The molecule has 0 spiro atoms. The zero-order chi connectivity index (χ0) is 15.4. The quantitative estimate of drug-likeness (QED) is 0.887. The van der Waals surface area contributed by atoms with Gasteiger partial charge in [-0.2, -0.15) is 5.10 Å². The van der Waals surface area contributed by atoms with E-state index in [0.29, 0.717) is 13.2 Å². The van der Waals surface area contributed by atoms with Gasteiger partial charge in [-0.15, -0.1) is 0 Å². The third-order valence-corrected chi connectivity index (χ3v) is 3.59. The number of carboxylic acid groups (broad SMARTS) is 1. The van der Waals surface area contributed by atoms with Crippen molar-refractivity contribution in [2.75, 3.05) is 6.61 Å². The Morgan fingerprint density at radius 2 is 1.90 bits per heavy atom. The monoisotopic (exact) mass is 288 g/mol. The van der Waals surface area contributed by atoms with Crippen LogP contribution in [0, 0.1) is 20.8 Å². The number of rotatable bonds is 6. The lowest BCUT2D eigenvalue weighted by Crippen LogP contribution is -2.11. The molecule has 1 N–H and O–H groups in total. The van der Waals surface area contributed by atoms with E-state index in [1.54, 1.807) is 24.3 Å². The zero-order valence-electron chi connectivity index (χ0n) is 12.6. The Balaban J connectivity index is 1.88. The summed E-state index contributed by atoms with van der Waals surface area (Å²) in [4.78, 5) is 10.6. The highest BCUT2D eigenvalue weighted by atomic mass is 16.5. The van der Waals surface area contributed by atoms with Crippen LogP contribution < -0.4 is 4.74 Å². The van der Waals surface area contributed by atoms with Crippen molar-refractivity contribution < 1.29 is 14.6 Å². The second kappa shape index (κ2) is 6.43. The van der Waals surface area contributed by atoms with Crippen LogP contribution in [0.5, 0.6) is 5.75 Å². The van der Waals surface area contributed by atoms with Crippen LogP contribution in [0.3, 0.4) is 0 Å². The Hall–Kier alpha value is -2.30. The molecule has 21 heavy (non-hydrogen) atoms. The van der Waals surface area contributed by atoms with E-state index >= 15 is 0 Å². The van der Waals surface area contributed by atoms with E-state index in [2.05, 4.69) is 18.9 Å². The molecule has 0 radical (unpaired) electrons. The molecule has 0 amide bonds. The van der Waals surface area contributed by atoms with Gasteiger partial charge in [0.15, 0.2) is 0 Å². The minimum absolute atomic E-state index is 0.0331. The first-order valence-corrected chi connectivity index (χ1v) is 6.91. The van der Waals surface area contributed by atoms with Crippen LogP contribution in [0.15, 0.2) is 24.3 Å². The molecule has 0 unspecified atom stereocenters. The van der Waals surface area contributed by atoms with Crippen LogP contribution in [0.25, 0.3) is 0 Å². The van der Waals surface area contributed by atoms with E-state index in [1.807, 2.05) is 11.6 Å². The Morgan fingerprint density at radius 3 is 2.43 bits per heavy atom. The summed E-state index contributed by atoms with van der Waals surface area (Å²) in [5.41, 5.74) is 4.19. The van der Waals surface area contributed by atoms with Crippen LogP contribution in [-0.4, -0.2) is 27.5 Å². The van der Waals surface area contributed by atoms with Crippen LogP contribution in [0.2, 0.25) is 0 Å². The number of aryl methyl sites for hydroxylation is 1. The first-order valence-electron chi connectivity index (χ1n) is 6.91. The summed E-state index contributed by atoms with van der Waals surface area (Å²) in [5.74, 6) is -0.0917. The summed E-state index contributed by atoms with van der Waals surface area (Å²) < 4.78 is 7.61. The van der Waals surface area contributed by atoms with Crippen molar-refractivity contribution in [3.8, 4) is 5.75 Å². The maximum Gasteiger partial charge on any atom is 0.307 e. The van der Waals surface area contributed by atoms with Gasteiger partial charge in [-0.05, 0) is 44.0 Å². The molecule has 0 atom stereocenters. The highest BCUT2D eigenvalue weighted by Gasteiger charge is 2.07. The van der Waals surface area contributed by atoms with Crippen molar-refractivity contribution >= 4 is 5.97 Å². The Bertz CT molecular complexity index is 630. The number of carbonyl (C=O) groups is 1. The molecule has 5 heteroatoms. The van der Waals surface area contributed by atoms with Crippen molar-refractivity contribution in [2.24, 2.45) is 0 Å². The zero-order valence-corrected chi connectivity index (χ0v) is 12.6. The minimum atomic E-state index is -0.830. The molecule has 0 aliphatic carbocycles. The summed E-state index contributed by atoms with van der Waals surface area (Å²) in [6.45, 7) is 7.34. The fraction of sp³-hybridized carbons (Fsp3) is 0.375. The van der Waals surface area contributed by atoms with Gasteiger partial charge in [0.1, 0.15) is 12.4 Å². The number of hydrogen-bond acceptors (Lipinski definition) is 3. The number of hydrogen-bond donors (Lipinski definition) is 1. The van der Waals surface area contributed by atoms with Gasteiger partial charge in [0.05, 0.1) is 18.7 Å². The SMILES string of the molecule is Cc1nn(CCOc2ccc(CC(=O)O)cc2)c(C)c1C. The molecular formula is C16H20N2O3. The van der Waals surface area contributed by atoms with Gasteiger partial charge in [0.2, 0.25) is 0 Å². The van der Waals surface area contributed by atoms with Crippen molar-refractivity contribution in [1.82, 2.24) is 9.78 Å². The smallest absolute Gasteiger partial charge is 0.307 e. The summed E-state index contributed by atoms with van der Waals surface area (Å²) in [5, 5.41) is 13.2. The molecule has 2 aromatic rings. The van der Waals surface area contributed by atoms with Crippen LogP contribution >= 0.6 is 0 Å². The number of aliphatic carboxylic acids is 1. The molecule has 2 rings (SSSR count). The topological polar surface area (TPSA) is 64.4 Å². The largest absolute Gasteiger partial charge is 0.492 e. The molecular weight excluding hydrogens is 268 g/mol. The summed E-state index contributed by atoms with van der Waals surface area (Å²) in [6.07, 6.45) is 0.0331. The summed E-state index contributed by atoms with van der Waals surface area (Å²) in [7, 11) is 0. The fourth-order valence-electron chi connectivity index (χ4n) is 2.13. The first-order chi connectivity index (χ1) is 9.97. The molecule has 0 bridgehead atoms. The average Bonchev–Trinajstić information content (AvgIpc) is 2.68. The molecule has 0 aliphatic heterocycles. The molecule has 0 saturated heterocycles. The standard InChI is InChI=1S/C16H20N2O3/c1-11-12(2)17-18(13(11)3)8-9-21-15-6-4-14(5-7-15)10-16(19)20/h4-7H,8-10H2,1-3H3,(H,19,20). The fourth-order valence-corrected chi connectivity index (χ4v) is 2.13. The average molecular weight is 288 g/mol. The Morgan fingerprint density at radius 1 is 1.24 bits per heavy atom. The molecule has 1 heterocycles. The molecule has 0 saturated carbocycles. The molecule has 1 aromatic heterocycles. The number of benzene rings is 1. The lowest BCUT2D eigenvalue weighted by atomic mass is 10.1. The third-order valence-electron chi connectivity index (χ3n) is 3.59. The summed E-state index contributed by atoms with van der Waals surface area (Å²) >= 11 is 0. The predicted molar refractivity (Wildman–Crippen MR) is 79.7 cm³/mol. The third kappa shape index (κ3) is 3.84. The number of ether oxygens (including phenoxy) is 1. The molecule has 112 valence electrons. The van der Waals surface area contributed by atoms with Crippen molar-refractivity contribution in [3.05, 3.63) is 46.8 Å². The van der Waals surface area contributed by atoms with Gasteiger partial charge < -0.3 is 9.84 Å². The second-order valence-electron chi connectivity index (χ2n) is 5.08. The Labute approximate surface area is 124 Å². The molecule has 1 aromatic carbocycles. The molecule has 0 fully saturated rings. The maximum absolute atomic E-state index is 10.6. The lowest BCUT2D eigenvalue weighted by Gasteiger charge is -2.08. The van der Waals surface area contributed by atoms with E-state index in [4.69, 9.17) is 9.84 Å². The van der Waals surface area contributed by atoms with Crippen molar-refractivity contribution in [3.63, 3.8) is 0 Å². The van der Waals surface area contributed by atoms with E-state index in [-0.39, 0.29) is 6.42 Å². The highest BCUT2D eigenvalue weighted by molar-refractivity contribution is 5.70. The van der Waals surface area contributed by atoms with Gasteiger partial charge >= 0.3 is 5.97 Å². The van der Waals surface area contributed by atoms with Crippen LogP contribution in [0.4, 0.5) is 0 Å². The van der Waals surface area contributed by atoms with Gasteiger partial charge in [0, 0.05) is 5.69 Å². The van der Waals surface area contributed by atoms with Crippen LogP contribution in [-0.2, 0) is 17.8 Å². The van der Waals surface area contributed by atoms with Gasteiger partial charge in [0.25, 0.3) is 0 Å². The van der Waals surface area contributed by atoms with Crippen LogP contribution in [0.1, 0.15) is 22.5 Å². The predicted octanol–water partition coefficient (Wildman–Crippen LogP) is 2.51. The molecule has 0 aliphatic rings. The van der Waals surface area contributed by atoms with Crippen molar-refractivity contribution in [1.29, 1.82) is 0 Å². The van der Waals surface area contributed by atoms with E-state index in [1.165, 1.54) is 5.56 Å². The normalized spacial score (nSPS) is 10.6. The number of nitrogens with zero attached hydrogens (tertiary/aromatic N) is 2. The first kappa shape index (κ1) is 15.1. The van der Waals surface area contributed by atoms with Gasteiger partial charge in [-0.3, -0.25) is 9.48 Å². The van der Waals surface area contributed by atoms with E-state index in [0.717, 1.165) is 22.7 Å². The van der Waals surface area contributed by atoms with Crippen molar-refractivity contribution in [2.45, 2.75) is 33.7 Å². The van der Waals surface area contributed by atoms with Gasteiger partial charge in [-0.25, -0.2) is 0 Å². The van der Waals surface area contributed by atoms with E-state index in [9.17, 15) is 4.79 Å².